The van der Waals surface area contributed by atoms with Gasteiger partial charge in [0.15, 0.2) is 5.13 Å². The fourth-order valence-corrected chi connectivity index (χ4v) is 2.39. The zero-order chi connectivity index (χ0) is 12.6. The number of carbonyl (C=O) groups is 1. The minimum absolute atomic E-state index is 0.123. The highest BCUT2D eigenvalue weighted by molar-refractivity contribution is 7.15. The Labute approximate surface area is 106 Å². The van der Waals surface area contributed by atoms with Crippen LogP contribution in [0.3, 0.4) is 0 Å². The summed E-state index contributed by atoms with van der Waals surface area (Å²) in [6, 6.07) is 0.269. The lowest BCUT2D eigenvalue weighted by atomic mass is 9.94. The Kier molecular flexibility index (Phi) is 3.12. The second-order valence-electron chi connectivity index (χ2n) is 5.58. The normalized spacial score (nSPS) is 16.8. The average Bonchev–Trinajstić information content (AvgIpc) is 2.55. The van der Waals surface area contributed by atoms with E-state index in [1.165, 1.54) is 4.88 Å². The van der Waals surface area contributed by atoms with Crippen molar-refractivity contribution in [1.29, 1.82) is 0 Å². The summed E-state index contributed by atoms with van der Waals surface area (Å²) < 4.78 is 0. The van der Waals surface area contributed by atoms with Crippen molar-refractivity contribution in [2.45, 2.75) is 33.7 Å². The van der Waals surface area contributed by atoms with Crippen LogP contribution in [0.4, 0.5) is 5.13 Å². The Hall–Kier alpha value is -1.10. The van der Waals surface area contributed by atoms with Gasteiger partial charge in [-0.15, -0.1) is 11.3 Å². The van der Waals surface area contributed by atoms with E-state index < -0.39 is 0 Å². The molecule has 0 atom stereocenters. The first-order valence-corrected chi connectivity index (χ1v) is 6.66. The number of thiazole rings is 1. The van der Waals surface area contributed by atoms with Crippen molar-refractivity contribution in [3.05, 3.63) is 11.1 Å². The van der Waals surface area contributed by atoms with E-state index in [9.17, 15) is 4.79 Å². The van der Waals surface area contributed by atoms with Crippen LogP contribution in [0.5, 0.6) is 0 Å². The lowest BCUT2D eigenvalue weighted by molar-refractivity contribution is -0.129. The van der Waals surface area contributed by atoms with Crippen molar-refractivity contribution in [3.63, 3.8) is 0 Å². The molecular weight excluding hydrogens is 234 g/mol. The summed E-state index contributed by atoms with van der Waals surface area (Å²) in [5.74, 6) is 0.123. The summed E-state index contributed by atoms with van der Waals surface area (Å²) in [5.41, 5.74) is -0.307. The lowest BCUT2D eigenvalue weighted by Crippen LogP contribution is -2.60. The fraction of sp³-hybridized carbons (Fsp3) is 0.667. The molecule has 1 aromatic rings. The van der Waals surface area contributed by atoms with Crippen LogP contribution < -0.4 is 10.2 Å². The average molecular weight is 253 g/mol. The predicted molar refractivity (Wildman–Crippen MR) is 70.4 cm³/mol. The lowest BCUT2D eigenvalue weighted by Gasteiger charge is -2.40. The number of hydrogen-bond acceptors (Lipinski definition) is 4. The Morgan fingerprint density at radius 2 is 2.18 bits per heavy atom. The van der Waals surface area contributed by atoms with Crippen molar-refractivity contribution >= 4 is 22.4 Å². The molecule has 94 valence electrons. The van der Waals surface area contributed by atoms with E-state index in [2.05, 4.69) is 22.1 Å². The highest BCUT2D eigenvalue weighted by atomic mass is 32.1. The third-order valence-electron chi connectivity index (χ3n) is 2.78. The molecule has 1 fully saturated rings. The predicted octanol–water partition coefficient (Wildman–Crippen LogP) is 1.80. The maximum absolute atomic E-state index is 11.8. The molecule has 5 heteroatoms. The molecule has 0 unspecified atom stereocenters. The summed E-state index contributed by atoms with van der Waals surface area (Å²) in [7, 11) is 0. The molecule has 1 aromatic heterocycles. The Bertz CT molecular complexity index is 416. The second kappa shape index (κ2) is 4.29. The summed E-state index contributed by atoms with van der Waals surface area (Å²) in [6.45, 7) is 9.60. The first kappa shape index (κ1) is 12.4. The van der Waals surface area contributed by atoms with Gasteiger partial charge in [0.25, 0.3) is 0 Å². The van der Waals surface area contributed by atoms with Gasteiger partial charge in [-0.2, -0.15) is 0 Å². The van der Waals surface area contributed by atoms with Crippen LogP contribution in [0, 0.1) is 12.3 Å². The number of aryl methyl sites for hydroxylation is 1. The van der Waals surface area contributed by atoms with Gasteiger partial charge in [-0.25, -0.2) is 4.98 Å². The topological polar surface area (TPSA) is 45.2 Å². The number of nitrogens with zero attached hydrogens (tertiary/aromatic N) is 2. The van der Waals surface area contributed by atoms with Crippen LogP contribution in [0.15, 0.2) is 6.20 Å². The quantitative estimate of drug-likeness (QED) is 0.874. The van der Waals surface area contributed by atoms with Crippen LogP contribution in [-0.2, 0) is 4.79 Å². The van der Waals surface area contributed by atoms with Gasteiger partial charge >= 0.3 is 0 Å². The molecule has 1 N–H and O–H groups in total. The minimum Gasteiger partial charge on any atom is -0.349 e. The van der Waals surface area contributed by atoms with Gasteiger partial charge in [0.05, 0.1) is 6.04 Å². The van der Waals surface area contributed by atoms with E-state index in [4.69, 9.17) is 0 Å². The molecule has 17 heavy (non-hydrogen) atoms. The zero-order valence-electron chi connectivity index (χ0n) is 10.8. The van der Waals surface area contributed by atoms with Crippen LogP contribution >= 0.6 is 11.3 Å². The van der Waals surface area contributed by atoms with Gasteiger partial charge < -0.3 is 10.2 Å². The SMILES string of the molecule is Cc1cnc(N2CC(NC(=O)C(C)(C)C)C2)s1. The molecule has 0 saturated carbocycles. The van der Waals surface area contributed by atoms with Crippen LogP contribution in [0.2, 0.25) is 0 Å². The highest BCUT2D eigenvalue weighted by Gasteiger charge is 2.32. The molecule has 0 aliphatic carbocycles. The maximum atomic E-state index is 11.8. The molecular formula is C12H19N3OS. The number of nitrogens with one attached hydrogen (secondary N) is 1. The van der Waals surface area contributed by atoms with Crippen LogP contribution in [0.25, 0.3) is 0 Å². The van der Waals surface area contributed by atoms with E-state index in [0.717, 1.165) is 18.2 Å². The monoisotopic (exact) mass is 253 g/mol. The molecule has 4 nitrogen and oxygen atoms in total. The summed E-state index contributed by atoms with van der Waals surface area (Å²) in [5, 5.41) is 4.12. The van der Waals surface area contributed by atoms with E-state index >= 15 is 0 Å². The van der Waals surface area contributed by atoms with Gasteiger partial charge in [0, 0.05) is 29.6 Å². The summed E-state index contributed by atoms with van der Waals surface area (Å²) >= 11 is 1.70. The first-order valence-electron chi connectivity index (χ1n) is 5.84. The molecule has 1 aliphatic rings. The van der Waals surface area contributed by atoms with Crippen molar-refractivity contribution in [2.24, 2.45) is 5.41 Å². The van der Waals surface area contributed by atoms with Crippen molar-refractivity contribution in [1.82, 2.24) is 10.3 Å². The Balaban J connectivity index is 1.82. The van der Waals surface area contributed by atoms with Gasteiger partial charge in [0.1, 0.15) is 0 Å². The zero-order valence-corrected chi connectivity index (χ0v) is 11.6. The van der Waals surface area contributed by atoms with Crippen molar-refractivity contribution < 1.29 is 4.79 Å². The van der Waals surface area contributed by atoms with Crippen LogP contribution in [0.1, 0.15) is 25.6 Å². The van der Waals surface area contributed by atoms with Crippen molar-refractivity contribution in [2.75, 3.05) is 18.0 Å². The second-order valence-corrected chi connectivity index (χ2v) is 6.79. The fourth-order valence-electron chi connectivity index (χ4n) is 1.62. The minimum atomic E-state index is -0.307. The van der Waals surface area contributed by atoms with Gasteiger partial charge in [-0.05, 0) is 6.92 Å². The highest BCUT2D eigenvalue weighted by Crippen LogP contribution is 2.26. The van der Waals surface area contributed by atoms with Gasteiger partial charge in [0.2, 0.25) is 5.91 Å². The van der Waals surface area contributed by atoms with Gasteiger partial charge in [-0.1, -0.05) is 20.8 Å². The number of rotatable bonds is 2. The molecule has 1 aliphatic heterocycles. The molecule has 0 bridgehead atoms. The summed E-state index contributed by atoms with van der Waals surface area (Å²) in [6.07, 6.45) is 1.89. The largest absolute Gasteiger partial charge is 0.349 e. The third-order valence-corrected chi connectivity index (χ3v) is 3.75. The molecule has 0 aromatic carbocycles. The van der Waals surface area contributed by atoms with E-state index in [0.29, 0.717) is 0 Å². The summed E-state index contributed by atoms with van der Waals surface area (Å²) in [4.78, 5) is 19.5. The standard InChI is InChI=1S/C12H19N3OS/c1-8-5-13-11(17-8)15-6-9(7-15)14-10(16)12(2,3)4/h5,9H,6-7H2,1-4H3,(H,14,16). The number of amides is 1. The molecule has 1 saturated heterocycles. The van der Waals surface area contributed by atoms with Gasteiger partial charge in [-0.3, -0.25) is 4.79 Å². The van der Waals surface area contributed by atoms with Crippen LogP contribution in [-0.4, -0.2) is 30.0 Å². The number of anilines is 1. The van der Waals surface area contributed by atoms with E-state index in [-0.39, 0.29) is 17.4 Å². The first-order chi connectivity index (χ1) is 7.86. The number of hydrogen-bond donors (Lipinski definition) is 1. The third kappa shape index (κ3) is 2.77. The Morgan fingerprint density at radius 3 is 2.65 bits per heavy atom. The van der Waals surface area contributed by atoms with E-state index in [1.807, 2.05) is 27.0 Å². The Morgan fingerprint density at radius 1 is 1.53 bits per heavy atom. The molecule has 0 radical (unpaired) electrons. The molecule has 2 heterocycles. The maximum Gasteiger partial charge on any atom is 0.225 e. The molecule has 0 spiro atoms. The van der Waals surface area contributed by atoms with Crippen molar-refractivity contribution in [3.8, 4) is 0 Å². The molecule has 2 rings (SSSR count). The smallest absolute Gasteiger partial charge is 0.225 e. The molecule has 1 amide bonds. The van der Waals surface area contributed by atoms with E-state index in [1.54, 1.807) is 11.3 Å². The number of aromatic nitrogens is 1. The number of carbonyl (C=O) groups excluding carboxylic acids is 1.